The molecule has 0 aliphatic carbocycles. The number of carbonyl (C=O) groups excluding carboxylic acids is 1. The highest BCUT2D eigenvalue weighted by molar-refractivity contribution is 6.01. The fourth-order valence-corrected chi connectivity index (χ4v) is 2.41. The highest BCUT2D eigenvalue weighted by atomic mass is 16.1. The molecule has 2 heterocycles. The molecule has 0 unspecified atom stereocenters. The largest absolute Gasteiger partial charge is 0.291 e. The lowest BCUT2D eigenvalue weighted by atomic mass is 9.92. The molecule has 1 aliphatic rings. The maximum Gasteiger partial charge on any atom is 0.202 e. The zero-order valence-corrected chi connectivity index (χ0v) is 10.8. The lowest BCUT2D eigenvalue weighted by Crippen LogP contribution is -2.52. The van der Waals surface area contributed by atoms with Crippen LogP contribution in [0.4, 0.5) is 0 Å². The van der Waals surface area contributed by atoms with Crippen molar-refractivity contribution < 1.29 is 4.79 Å². The van der Waals surface area contributed by atoms with Gasteiger partial charge >= 0.3 is 0 Å². The number of carbonyl (C=O) groups is 1. The van der Waals surface area contributed by atoms with Gasteiger partial charge in [0, 0.05) is 7.05 Å². The van der Waals surface area contributed by atoms with Crippen LogP contribution in [-0.4, -0.2) is 44.3 Å². The summed E-state index contributed by atoms with van der Waals surface area (Å²) in [5.41, 5.74) is 0.121. The molecule has 0 spiro atoms. The molecule has 1 saturated heterocycles. The third kappa shape index (κ3) is 2.24. The Kier molecular flexibility index (Phi) is 3.28. The van der Waals surface area contributed by atoms with Gasteiger partial charge in [0.05, 0.1) is 11.7 Å². The molecule has 0 bridgehead atoms. The van der Waals surface area contributed by atoms with Crippen molar-refractivity contribution in [2.45, 2.75) is 38.6 Å². The number of piperidine rings is 1. The third-order valence-electron chi connectivity index (χ3n) is 3.65. The van der Waals surface area contributed by atoms with Crippen molar-refractivity contribution in [3.8, 4) is 0 Å². The van der Waals surface area contributed by atoms with Crippen LogP contribution in [0.2, 0.25) is 0 Å². The van der Waals surface area contributed by atoms with Gasteiger partial charge in [0.2, 0.25) is 5.78 Å². The van der Waals surface area contributed by atoms with Gasteiger partial charge in [0.15, 0.2) is 0 Å². The minimum absolute atomic E-state index is 0.104. The van der Waals surface area contributed by atoms with Crippen molar-refractivity contribution in [1.82, 2.24) is 19.9 Å². The zero-order valence-electron chi connectivity index (χ0n) is 10.8. The summed E-state index contributed by atoms with van der Waals surface area (Å²) < 4.78 is 1.55. The van der Waals surface area contributed by atoms with Crippen LogP contribution in [0.15, 0.2) is 6.20 Å². The van der Waals surface area contributed by atoms with E-state index in [0.29, 0.717) is 5.69 Å². The Hall–Kier alpha value is -1.23. The molecule has 1 aliphatic heterocycles. The van der Waals surface area contributed by atoms with E-state index in [0.717, 1.165) is 13.1 Å². The van der Waals surface area contributed by atoms with Gasteiger partial charge in [0.1, 0.15) is 5.69 Å². The van der Waals surface area contributed by atoms with E-state index < -0.39 is 5.54 Å². The SMILES string of the molecule is Cn1nncc1C(=O)C(C)(C)N1CCCCC1. The van der Waals surface area contributed by atoms with E-state index in [-0.39, 0.29) is 5.78 Å². The molecule has 0 radical (unpaired) electrons. The van der Waals surface area contributed by atoms with Crippen molar-refractivity contribution in [1.29, 1.82) is 0 Å². The van der Waals surface area contributed by atoms with E-state index in [2.05, 4.69) is 15.2 Å². The summed E-state index contributed by atoms with van der Waals surface area (Å²) in [6.45, 7) is 6.00. The van der Waals surface area contributed by atoms with Gasteiger partial charge < -0.3 is 0 Å². The first kappa shape index (κ1) is 12.2. The van der Waals surface area contributed by atoms with Crippen molar-refractivity contribution in [3.63, 3.8) is 0 Å². The second kappa shape index (κ2) is 4.56. The summed E-state index contributed by atoms with van der Waals surface area (Å²) in [6.07, 6.45) is 5.18. The maximum atomic E-state index is 12.5. The Balaban J connectivity index is 2.19. The maximum absolute atomic E-state index is 12.5. The van der Waals surface area contributed by atoms with E-state index in [1.165, 1.54) is 19.3 Å². The summed E-state index contributed by atoms with van der Waals surface area (Å²) in [5, 5.41) is 7.60. The highest BCUT2D eigenvalue weighted by Gasteiger charge is 2.37. The van der Waals surface area contributed by atoms with Gasteiger partial charge in [-0.15, -0.1) is 5.10 Å². The molecule has 5 heteroatoms. The zero-order chi connectivity index (χ0) is 12.5. The number of hydrogen-bond acceptors (Lipinski definition) is 4. The molecule has 1 aromatic heterocycles. The van der Waals surface area contributed by atoms with E-state index >= 15 is 0 Å². The Morgan fingerprint density at radius 1 is 1.29 bits per heavy atom. The van der Waals surface area contributed by atoms with Gasteiger partial charge in [-0.25, -0.2) is 4.68 Å². The third-order valence-corrected chi connectivity index (χ3v) is 3.65. The Labute approximate surface area is 102 Å². The van der Waals surface area contributed by atoms with Crippen LogP contribution in [0, 0.1) is 0 Å². The number of likely N-dealkylation sites (tertiary alicyclic amines) is 1. The van der Waals surface area contributed by atoms with Gasteiger partial charge in [-0.2, -0.15) is 0 Å². The van der Waals surface area contributed by atoms with Crippen LogP contribution < -0.4 is 0 Å². The molecule has 94 valence electrons. The van der Waals surface area contributed by atoms with Crippen molar-refractivity contribution in [3.05, 3.63) is 11.9 Å². The van der Waals surface area contributed by atoms with E-state index in [1.807, 2.05) is 13.8 Å². The van der Waals surface area contributed by atoms with Gasteiger partial charge in [-0.1, -0.05) is 11.6 Å². The Morgan fingerprint density at radius 3 is 2.47 bits per heavy atom. The first-order chi connectivity index (χ1) is 8.03. The number of aromatic nitrogens is 3. The van der Waals surface area contributed by atoms with E-state index in [4.69, 9.17) is 0 Å². The quantitative estimate of drug-likeness (QED) is 0.741. The average molecular weight is 236 g/mol. The van der Waals surface area contributed by atoms with Crippen LogP contribution in [0.1, 0.15) is 43.6 Å². The number of ketones is 1. The molecule has 0 saturated carbocycles. The minimum atomic E-state index is -0.462. The number of Topliss-reactive ketones (excluding diaryl/α,β-unsaturated/α-hetero) is 1. The molecule has 0 aromatic carbocycles. The summed E-state index contributed by atoms with van der Waals surface area (Å²) in [4.78, 5) is 14.8. The normalized spacial score (nSPS) is 18.3. The smallest absolute Gasteiger partial charge is 0.202 e. The van der Waals surface area contributed by atoms with Crippen LogP contribution in [-0.2, 0) is 7.05 Å². The molecule has 1 aromatic rings. The summed E-state index contributed by atoms with van der Waals surface area (Å²) >= 11 is 0. The average Bonchev–Trinajstić information content (AvgIpc) is 2.75. The fraction of sp³-hybridized carbons (Fsp3) is 0.750. The second-order valence-corrected chi connectivity index (χ2v) is 5.18. The van der Waals surface area contributed by atoms with Gasteiger partial charge in [-0.3, -0.25) is 9.69 Å². The summed E-state index contributed by atoms with van der Waals surface area (Å²) in [5.74, 6) is 0.104. The van der Waals surface area contributed by atoms with Crippen LogP contribution in [0.3, 0.4) is 0 Å². The fourth-order valence-electron chi connectivity index (χ4n) is 2.41. The van der Waals surface area contributed by atoms with Crippen molar-refractivity contribution in [2.75, 3.05) is 13.1 Å². The lowest BCUT2D eigenvalue weighted by Gasteiger charge is -2.39. The monoisotopic (exact) mass is 236 g/mol. The number of nitrogens with zero attached hydrogens (tertiary/aromatic N) is 4. The van der Waals surface area contributed by atoms with Gasteiger partial charge in [-0.05, 0) is 39.8 Å². The van der Waals surface area contributed by atoms with E-state index in [1.54, 1.807) is 17.9 Å². The molecule has 17 heavy (non-hydrogen) atoms. The standard InChI is InChI=1S/C12H20N4O/c1-12(2,16-7-5-4-6-8-16)11(17)10-9-13-14-15(10)3/h9H,4-8H2,1-3H3. The summed E-state index contributed by atoms with van der Waals surface area (Å²) in [7, 11) is 1.76. The molecule has 0 N–H and O–H groups in total. The summed E-state index contributed by atoms with van der Waals surface area (Å²) in [6, 6.07) is 0. The first-order valence-corrected chi connectivity index (χ1v) is 6.18. The van der Waals surface area contributed by atoms with Crippen LogP contribution in [0.25, 0.3) is 0 Å². The van der Waals surface area contributed by atoms with Crippen LogP contribution >= 0.6 is 0 Å². The topological polar surface area (TPSA) is 51.0 Å². The number of rotatable bonds is 3. The molecular formula is C12H20N4O. The Bertz CT molecular complexity index is 404. The molecule has 2 rings (SSSR count). The molecular weight excluding hydrogens is 216 g/mol. The Morgan fingerprint density at radius 2 is 1.94 bits per heavy atom. The molecule has 0 atom stereocenters. The number of aryl methyl sites for hydroxylation is 1. The molecule has 5 nitrogen and oxygen atoms in total. The minimum Gasteiger partial charge on any atom is -0.291 e. The van der Waals surface area contributed by atoms with Gasteiger partial charge in [0.25, 0.3) is 0 Å². The van der Waals surface area contributed by atoms with E-state index in [9.17, 15) is 4.79 Å². The predicted molar refractivity (Wildman–Crippen MR) is 64.8 cm³/mol. The van der Waals surface area contributed by atoms with Crippen molar-refractivity contribution in [2.24, 2.45) is 7.05 Å². The predicted octanol–water partition coefficient (Wildman–Crippen LogP) is 1.26. The van der Waals surface area contributed by atoms with Crippen molar-refractivity contribution >= 4 is 5.78 Å². The first-order valence-electron chi connectivity index (χ1n) is 6.18. The second-order valence-electron chi connectivity index (χ2n) is 5.18. The number of hydrogen-bond donors (Lipinski definition) is 0. The molecule has 0 amide bonds. The van der Waals surface area contributed by atoms with Crippen LogP contribution in [0.5, 0.6) is 0 Å². The lowest BCUT2D eigenvalue weighted by molar-refractivity contribution is 0.0569. The highest BCUT2D eigenvalue weighted by Crippen LogP contribution is 2.24. The molecule has 1 fully saturated rings.